The Morgan fingerprint density at radius 3 is 2.73 bits per heavy atom. The van der Waals surface area contributed by atoms with Gasteiger partial charge in [0.15, 0.2) is 0 Å². The summed E-state index contributed by atoms with van der Waals surface area (Å²) in [4.78, 5) is 10.3. The summed E-state index contributed by atoms with van der Waals surface area (Å²) in [5.74, 6) is 0. The summed E-state index contributed by atoms with van der Waals surface area (Å²) in [7, 11) is 0. The number of nitrogens with one attached hydrogen (secondary N) is 1. The van der Waals surface area contributed by atoms with Crippen molar-refractivity contribution >= 4 is 42.4 Å². The second-order valence-electron chi connectivity index (χ2n) is 1.91. The normalized spacial score (nSPS) is 9.27. The number of amides is 1. The first-order valence-electron chi connectivity index (χ1n) is 2.90. The number of carbonyl (C=O) groups excluding carboxylic acids is 1. The molecule has 1 N–H and O–H groups in total. The van der Waals surface area contributed by atoms with E-state index < -0.39 is 0 Å². The fourth-order valence-electron chi connectivity index (χ4n) is 0.680. The summed E-state index contributed by atoms with van der Waals surface area (Å²) < 4.78 is 0.941. The lowest BCUT2D eigenvalue weighted by molar-refractivity contribution is 0.270. The minimum atomic E-state index is -0.240. The van der Waals surface area contributed by atoms with Crippen LogP contribution >= 0.6 is 31.9 Å². The molecule has 0 unspecified atom stereocenters. The van der Waals surface area contributed by atoms with Crippen LogP contribution in [-0.2, 0) is 0 Å². The maximum absolute atomic E-state index is 10.5. The molecule has 2 nitrogen and oxygen atoms in total. The van der Waals surface area contributed by atoms with E-state index in [0.717, 1.165) is 10.2 Å². The van der Waals surface area contributed by atoms with E-state index in [4.69, 9.17) is 0 Å². The Kier molecular flexibility index (Phi) is 3.08. The Morgan fingerprint density at radius 1 is 1.45 bits per heavy atom. The SMILES string of the molecule is O=C(Br)Nc1cccc(Br)c1. The van der Waals surface area contributed by atoms with Crippen LogP contribution in [0.5, 0.6) is 0 Å². The van der Waals surface area contributed by atoms with Gasteiger partial charge in [-0.25, -0.2) is 0 Å². The molecular formula is C7H5Br2NO. The third kappa shape index (κ3) is 3.03. The van der Waals surface area contributed by atoms with E-state index in [1.165, 1.54) is 0 Å². The Bertz CT molecular complexity index is 275. The molecule has 0 aliphatic carbocycles. The van der Waals surface area contributed by atoms with Crippen molar-refractivity contribution in [2.24, 2.45) is 0 Å². The van der Waals surface area contributed by atoms with Gasteiger partial charge in [-0.15, -0.1) is 0 Å². The van der Waals surface area contributed by atoms with Crippen molar-refractivity contribution in [1.82, 2.24) is 0 Å². The maximum Gasteiger partial charge on any atom is 0.291 e. The van der Waals surface area contributed by atoms with Gasteiger partial charge < -0.3 is 5.32 Å². The average Bonchev–Trinajstić information content (AvgIpc) is 1.85. The van der Waals surface area contributed by atoms with Gasteiger partial charge in [0.2, 0.25) is 0 Å². The van der Waals surface area contributed by atoms with Gasteiger partial charge in [0.25, 0.3) is 4.82 Å². The van der Waals surface area contributed by atoms with E-state index in [9.17, 15) is 4.79 Å². The van der Waals surface area contributed by atoms with Crippen LogP contribution < -0.4 is 5.32 Å². The van der Waals surface area contributed by atoms with Crippen LogP contribution in [-0.4, -0.2) is 4.82 Å². The molecule has 0 atom stereocenters. The first-order chi connectivity index (χ1) is 5.18. The van der Waals surface area contributed by atoms with Gasteiger partial charge in [0.05, 0.1) is 0 Å². The van der Waals surface area contributed by atoms with E-state index in [0.29, 0.717) is 0 Å². The van der Waals surface area contributed by atoms with E-state index in [1.54, 1.807) is 0 Å². The van der Waals surface area contributed by atoms with Gasteiger partial charge in [0, 0.05) is 26.1 Å². The van der Waals surface area contributed by atoms with Crippen LogP contribution in [0.25, 0.3) is 0 Å². The largest absolute Gasteiger partial charge is 0.316 e. The second-order valence-corrected chi connectivity index (χ2v) is 3.54. The van der Waals surface area contributed by atoms with E-state index in [2.05, 4.69) is 37.2 Å². The van der Waals surface area contributed by atoms with Crippen molar-refractivity contribution in [3.05, 3.63) is 28.7 Å². The second kappa shape index (κ2) is 3.88. The molecule has 1 aromatic rings. The highest BCUT2D eigenvalue weighted by atomic mass is 79.9. The monoisotopic (exact) mass is 277 g/mol. The van der Waals surface area contributed by atoms with Crippen molar-refractivity contribution in [3.8, 4) is 0 Å². The summed E-state index contributed by atoms with van der Waals surface area (Å²) in [6.07, 6.45) is 0. The smallest absolute Gasteiger partial charge is 0.291 e. The van der Waals surface area contributed by atoms with Crippen molar-refractivity contribution < 1.29 is 4.79 Å². The molecular weight excluding hydrogens is 274 g/mol. The van der Waals surface area contributed by atoms with E-state index in [1.807, 2.05) is 24.3 Å². The van der Waals surface area contributed by atoms with Gasteiger partial charge in [-0.1, -0.05) is 22.0 Å². The molecule has 1 amide bonds. The third-order valence-corrected chi connectivity index (χ3v) is 1.76. The maximum atomic E-state index is 10.5. The highest BCUT2D eigenvalue weighted by Gasteiger charge is 1.95. The molecule has 0 saturated heterocycles. The summed E-state index contributed by atoms with van der Waals surface area (Å²) in [6, 6.07) is 7.37. The van der Waals surface area contributed by atoms with Gasteiger partial charge in [0.1, 0.15) is 0 Å². The number of hydrogen-bond donors (Lipinski definition) is 1. The van der Waals surface area contributed by atoms with Crippen molar-refractivity contribution in [3.63, 3.8) is 0 Å². The highest BCUT2D eigenvalue weighted by molar-refractivity contribution is 9.18. The first-order valence-corrected chi connectivity index (χ1v) is 4.49. The van der Waals surface area contributed by atoms with Crippen molar-refractivity contribution in [2.45, 2.75) is 0 Å². The Labute approximate surface area is 81.2 Å². The number of hydrogen-bond acceptors (Lipinski definition) is 1. The molecule has 1 aromatic carbocycles. The molecule has 0 radical (unpaired) electrons. The topological polar surface area (TPSA) is 29.1 Å². The van der Waals surface area contributed by atoms with Crippen LogP contribution in [0, 0.1) is 0 Å². The number of rotatable bonds is 1. The Balaban J connectivity index is 2.79. The predicted octanol–water partition coefficient (Wildman–Crippen LogP) is 3.38. The van der Waals surface area contributed by atoms with Crippen molar-refractivity contribution in [1.29, 1.82) is 0 Å². The zero-order valence-electron chi connectivity index (χ0n) is 5.47. The predicted molar refractivity (Wildman–Crippen MR) is 52.1 cm³/mol. The Morgan fingerprint density at radius 2 is 2.18 bits per heavy atom. The van der Waals surface area contributed by atoms with E-state index in [-0.39, 0.29) is 4.82 Å². The number of carbonyl (C=O) groups is 1. The summed E-state index contributed by atoms with van der Waals surface area (Å²) in [5, 5.41) is 2.59. The highest BCUT2D eigenvalue weighted by Crippen LogP contribution is 2.15. The third-order valence-electron chi connectivity index (χ3n) is 1.07. The van der Waals surface area contributed by atoms with Crippen LogP contribution in [0.2, 0.25) is 0 Å². The summed E-state index contributed by atoms with van der Waals surface area (Å²) in [5.41, 5.74) is 0.765. The molecule has 0 bridgehead atoms. The molecule has 0 fully saturated rings. The lowest BCUT2D eigenvalue weighted by Gasteiger charge is -1.99. The minimum Gasteiger partial charge on any atom is -0.316 e. The standard InChI is InChI=1S/C7H5Br2NO/c8-5-2-1-3-6(4-5)10-7(9)11/h1-4H,(H,10,11). The van der Waals surface area contributed by atoms with Gasteiger partial charge in [-0.2, -0.15) is 0 Å². The lowest BCUT2D eigenvalue weighted by atomic mass is 10.3. The molecule has 0 spiro atoms. The van der Waals surface area contributed by atoms with E-state index >= 15 is 0 Å². The molecule has 1 rings (SSSR count). The molecule has 58 valence electrons. The van der Waals surface area contributed by atoms with Gasteiger partial charge in [-0.3, -0.25) is 4.79 Å². The summed E-state index contributed by atoms with van der Waals surface area (Å²) >= 11 is 6.06. The average molecular weight is 279 g/mol. The molecule has 4 heteroatoms. The summed E-state index contributed by atoms with van der Waals surface area (Å²) in [6.45, 7) is 0. The van der Waals surface area contributed by atoms with Crippen LogP contribution in [0.1, 0.15) is 0 Å². The van der Waals surface area contributed by atoms with Gasteiger partial charge >= 0.3 is 0 Å². The molecule has 0 aliphatic rings. The molecule has 0 aliphatic heterocycles. The van der Waals surface area contributed by atoms with Crippen LogP contribution in [0.15, 0.2) is 28.7 Å². The molecule has 0 saturated carbocycles. The van der Waals surface area contributed by atoms with Gasteiger partial charge in [-0.05, 0) is 18.2 Å². The fraction of sp³-hybridized carbons (Fsp3) is 0. The zero-order valence-corrected chi connectivity index (χ0v) is 8.65. The number of anilines is 1. The molecule has 11 heavy (non-hydrogen) atoms. The van der Waals surface area contributed by atoms with Crippen LogP contribution in [0.3, 0.4) is 0 Å². The molecule has 0 aromatic heterocycles. The van der Waals surface area contributed by atoms with Crippen molar-refractivity contribution in [2.75, 3.05) is 5.32 Å². The molecule has 0 heterocycles. The number of benzene rings is 1. The zero-order chi connectivity index (χ0) is 8.27. The first kappa shape index (κ1) is 8.74. The quantitative estimate of drug-likeness (QED) is 0.619. The fourth-order valence-corrected chi connectivity index (χ4v) is 1.31. The lowest BCUT2D eigenvalue weighted by Crippen LogP contribution is -1.99. The number of halogens is 2. The Hall–Kier alpha value is -0.350. The van der Waals surface area contributed by atoms with Crippen LogP contribution in [0.4, 0.5) is 10.5 Å². The minimum absolute atomic E-state index is 0.240.